The summed E-state index contributed by atoms with van der Waals surface area (Å²) in [5.74, 6) is -0.679. The monoisotopic (exact) mass is 387 g/mol. The van der Waals surface area contributed by atoms with Gasteiger partial charge in [-0.15, -0.1) is 16.4 Å². The lowest BCUT2D eigenvalue weighted by Crippen LogP contribution is -2.17. The van der Waals surface area contributed by atoms with Gasteiger partial charge in [-0.05, 0) is 23.2 Å². The molecule has 130 valence electrons. The number of halogens is 3. The minimum Gasteiger partial charge on any atom is -0.465 e. The fourth-order valence-electron chi connectivity index (χ4n) is 1.79. The summed E-state index contributed by atoms with van der Waals surface area (Å²) in [6.45, 7) is 0. The van der Waals surface area contributed by atoms with Crippen LogP contribution in [0.4, 0.5) is 13.2 Å². The summed E-state index contributed by atoms with van der Waals surface area (Å²) >= 11 is 2.18. The van der Waals surface area contributed by atoms with E-state index in [1.165, 1.54) is 11.3 Å². The number of aromatic nitrogens is 5. The Hall–Kier alpha value is -2.47. The van der Waals surface area contributed by atoms with Gasteiger partial charge in [-0.25, -0.2) is 19.7 Å². The van der Waals surface area contributed by atoms with Crippen LogP contribution in [0.25, 0.3) is 10.7 Å². The number of esters is 1. The van der Waals surface area contributed by atoms with Gasteiger partial charge in [0.15, 0.2) is 16.7 Å². The molecular formula is C13H8F3N5O2S2. The van der Waals surface area contributed by atoms with E-state index in [1.54, 1.807) is 0 Å². The highest BCUT2D eigenvalue weighted by atomic mass is 32.2. The first-order chi connectivity index (χ1) is 11.9. The SMILES string of the molecule is COC(=O)c1cnc(Sc2n[nH]c(-c3cccs3)n2)nc1C(F)(F)F. The molecule has 0 saturated heterocycles. The van der Waals surface area contributed by atoms with Crippen molar-refractivity contribution in [2.75, 3.05) is 7.11 Å². The van der Waals surface area contributed by atoms with Gasteiger partial charge in [-0.1, -0.05) is 6.07 Å². The van der Waals surface area contributed by atoms with E-state index in [-0.39, 0.29) is 10.3 Å². The predicted octanol–water partition coefficient (Wildman–Crippen LogP) is 3.28. The topological polar surface area (TPSA) is 93.7 Å². The molecule has 0 unspecified atom stereocenters. The van der Waals surface area contributed by atoms with E-state index in [1.807, 2.05) is 17.5 Å². The predicted molar refractivity (Wildman–Crippen MR) is 82.2 cm³/mol. The van der Waals surface area contributed by atoms with E-state index in [0.29, 0.717) is 5.82 Å². The van der Waals surface area contributed by atoms with Gasteiger partial charge in [0.25, 0.3) is 0 Å². The lowest BCUT2D eigenvalue weighted by Gasteiger charge is -2.10. The molecule has 0 radical (unpaired) electrons. The maximum atomic E-state index is 13.1. The molecule has 0 aliphatic carbocycles. The van der Waals surface area contributed by atoms with Gasteiger partial charge in [-0.2, -0.15) is 13.2 Å². The van der Waals surface area contributed by atoms with Crippen molar-refractivity contribution in [2.45, 2.75) is 16.5 Å². The summed E-state index contributed by atoms with van der Waals surface area (Å²) in [5.41, 5.74) is -2.13. The van der Waals surface area contributed by atoms with E-state index >= 15 is 0 Å². The zero-order valence-electron chi connectivity index (χ0n) is 12.4. The molecule has 0 aliphatic heterocycles. The van der Waals surface area contributed by atoms with Crippen LogP contribution in [-0.2, 0) is 10.9 Å². The molecule has 0 atom stereocenters. The molecule has 0 fully saturated rings. The summed E-state index contributed by atoms with van der Waals surface area (Å²) in [5, 5.41) is 8.37. The number of ether oxygens (including phenoxy) is 1. The van der Waals surface area contributed by atoms with Gasteiger partial charge >= 0.3 is 12.1 Å². The van der Waals surface area contributed by atoms with Crippen LogP contribution >= 0.6 is 23.1 Å². The smallest absolute Gasteiger partial charge is 0.434 e. The van der Waals surface area contributed by atoms with Gasteiger partial charge in [-0.3, -0.25) is 5.10 Å². The number of nitrogens with one attached hydrogen (secondary N) is 1. The number of carbonyl (C=O) groups is 1. The molecule has 0 amide bonds. The fraction of sp³-hybridized carbons (Fsp3) is 0.154. The highest BCUT2D eigenvalue weighted by Crippen LogP contribution is 2.33. The highest BCUT2D eigenvalue weighted by molar-refractivity contribution is 7.99. The Labute approximate surface area is 146 Å². The number of hydrogen-bond acceptors (Lipinski definition) is 8. The highest BCUT2D eigenvalue weighted by Gasteiger charge is 2.38. The summed E-state index contributed by atoms with van der Waals surface area (Å²) in [6, 6.07) is 3.66. The number of carbonyl (C=O) groups excluding carboxylic acids is 1. The van der Waals surface area contributed by atoms with E-state index in [4.69, 9.17) is 0 Å². The molecule has 3 heterocycles. The van der Waals surface area contributed by atoms with Gasteiger partial charge in [0.1, 0.15) is 5.56 Å². The molecule has 3 aromatic rings. The maximum absolute atomic E-state index is 13.1. The summed E-state index contributed by atoms with van der Waals surface area (Å²) < 4.78 is 43.7. The van der Waals surface area contributed by atoms with Gasteiger partial charge in [0, 0.05) is 6.20 Å². The average Bonchev–Trinajstić information content (AvgIpc) is 3.24. The normalized spacial score (nSPS) is 11.5. The van der Waals surface area contributed by atoms with Crippen molar-refractivity contribution < 1.29 is 22.7 Å². The first-order valence-electron chi connectivity index (χ1n) is 6.55. The van der Waals surface area contributed by atoms with Gasteiger partial charge in [0.2, 0.25) is 5.16 Å². The molecule has 0 saturated carbocycles. The molecule has 0 spiro atoms. The standard InChI is InChI=1S/C13H8F3N5O2S2/c1-23-10(22)6-5-17-11(18-8(6)13(14,15)16)25-12-19-9(20-21-12)7-3-2-4-24-7/h2-5H,1H3,(H,19,20,21). The van der Waals surface area contributed by atoms with Crippen molar-refractivity contribution >= 4 is 29.1 Å². The molecular weight excluding hydrogens is 379 g/mol. The first-order valence-corrected chi connectivity index (χ1v) is 8.25. The molecule has 1 N–H and O–H groups in total. The van der Waals surface area contributed by atoms with Crippen LogP contribution in [0.15, 0.2) is 34.0 Å². The van der Waals surface area contributed by atoms with Crippen LogP contribution in [0.5, 0.6) is 0 Å². The lowest BCUT2D eigenvalue weighted by molar-refractivity contribution is -0.142. The van der Waals surface area contributed by atoms with Gasteiger partial charge < -0.3 is 4.74 Å². The minimum atomic E-state index is -4.83. The van der Waals surface area contributed by atoms with E-state index in [0.717, 1.165) is 29.9 Å². The van der Waals surface area contributed by atoms with Crippen molar-refractivity contribution in [2.24, 2.45) is 0 Å². The van der Waals surface area contributed by atoms with Crippen LogP contribution in [0, 0.1) is 0 Å². The molecule has 0 aromatic carbocycles. The third-order valence-electron chi connectivity index (χ3n) is 2.84. The summed E-state index contributed by atoms with van der Waals surface area (Å²) in [7, 11) is 0.977. The quantitative estimate of drug-likeness (QED) is 0.542. The number of aromatic amines is 1. The number of nitrogens with zero attached hydrogens (tertiary/aromatic N) is 4. The van der Waals surface area contributed by atoms with E-state index in [9.17, 15) is 18.0 Å². The molecule has 3 aromatic heterocycles. The van der Waals surface area contributed by atoms with Crippen molar-refractivity contribution in [3.8, 4) is 10.7 Å². The van der Waals surface area contributed by atoms with Crippen LogP contribution < -0.4 is 0 Å². The van der Waals surface area contributed by atoms with Crippen LogP contribution in [0.2, 0.25) is 0 Å². The third kappa shape index (κ3) is 3.79. The number of H-pyrrole nitrogens is 1. The van der Waals surface area contributed by atoms with E-state index < -0.39 is 23.4 Å². The second kappa shape index (κ2) is 6.80. The lowest BCUT2D eigenvalue weighted by atomic mass is 10.2. The Morgan fingerprint density at radius 2 is 2.12 bits per heavy atom. The number of thiophene rings is 1. The van der Waals surface area contributed by atoms with Crippen molar-refractivity contribution in [1.82, 2.24) is 25.1 Å². The second-order valence-corrected chi connectivity index (χ2v) is 6.33. The number of alkyl halides is 3. The van der Waals surface area contributed by atoms with Crippen LogP contribution in [-0.4, -0.2) is 38.2 Å². The number of hydrogen-bond donors (Lipinski definition) is 1. The van der Waals surface area contributed by atoms with Crippen molar-refractivity contribution in [3.05, 3.63) is 35.0 Å². The maximum Gasteiger partial charge on any atom is 0.434 e. The first kappa shape index (κ1) is 17.4. The Balaban J connectivity index is 1.89. The zero-order valence-corrected chi connectivity index (χ0v) is 14.0. The van der Waals surface area contributed by atoms with Crippen LogP contribution in [0.1, 0.15) is 16.1 Å². The van der Waals surface area contributed by atoms with Gasteiger partial charge in [0.05, 0.1) is 12.0 Å². The van der Waals surface area contributed by atoms with Crippen molar-refractivity contribution in [1.29, 1.82) is 0 Å². The Kier molecular flexibility index (Phi) is 4.72. The largest absolute Gasteiger partial charge is 0.465 e. The van der Waals surface area contributed by atoms with Crippen molar-refractivity contribution in [3.63, 3.8) is 0 Å². The molecule has 3 rings (SSSR count). The average molecular weight is 387 g/mol. The molecule has 0 aliphatic rings. The third-order valence-corrected chi connectivity index (χ3v) is 4.46. The van der Waals surface area contributed by atoms with Crippen LogP contribution in [0.3, 0.4) is 0 Å². The second-order valence-electron chi connectivity index (χ2n) is 4.45. The Morgan fingerprint density at radius 1 is 1.32 bits per heavy atom. The fourth-order valence-corrected chi connectivity index (χ4v) is 3.09. The van der Waals surface area contributed by atoms with E-state index in [2.05, 4.69) is 29.9 Å². The summed E-state index contributed by atoms with van der Waals surface area (Å²) in [4.78, 5) is 23.6. The number of methoxy groups -OCH3 is 1. The zero-order chi connectivity index (χ0) is 18.0. The minimum absolute atomic E-state index is 0.155. The molecule has 25 heavy (non-hydrogen) atoms. The Morgan fingerprint density at radius 3 is 2.76 bits per heavy atom. The molecule has 12 heteroatoms. The molecule has 0 bridgehead atoms. The number of rotatable bonds is 4. The summed E-state index contributed by atoms with van der Waals surface area (Å²) in [6.07, 6.45) is -4.06. The molecule has 7 nitrogen and oxygen atoms in total. The Bertz CT molecular complexity index is 895.